The van der Waals surface area contributed by atoms with Crippen molar-refractivity contribution in [1.29, 1.82) is 0 Å². The second-order valence-corrected chi connectivity index (χ2v) is 2.50. The molecule has 3 heteroatoms. The van der Waals surface area contributed by atoms with E-state index < -0.39 is 0 Å². The van der Waals surface area contributed by atoms with E-state index in [1.165, 1.54) is 6.26 Å². The van der Waals surface area contributed by atoms with Crippen LogP contribution in [-0.2, 0) is 0 Å². The highest BCUT2D eigenvalue weighted by molar-refractivity contribution is 5.89. The number of aryl methyl sites for hydroxylation is 1. The number of rotatable bonds is 0. The van der Waals surface area contributed by atoms with Crippen LogP contribution in [0.3, 0.4) is 0 Å². The van der Waals surface area contributed by atoms with Crippen LogP contribution in [0.4, 0.5) is 5.69 Å². The third-order valence-corrected chi connectivity index (χ3v) is 1.71. The molecule has 0 bridgehead atoms. The molecule has 0 aromatic carbocycles. The summed E-state index contributed by atoms with van der Waals surface area (Å²) in [6.45, 7) is 1.98. The molecule has 11 heavy (non-hydrogen) atoms. The largest absolute Gasteiger partial charge is 0.444 e. The van der Waals surface area contributed by atoms with Crippen LogP contribution in [0.1, 0.15) is 5.56 Å². The highest BCUT2D eigenvalue weighted by atomic mass is 16.3. The molecule has 0 saturated carbocycles. The number of aromatic nitrogens is 1. The van der Waals surface area contributed by atoms with Gasteiger partial charge in [0, 0.05) is 6.20 Å². The van der Waals surface area contributed by atoms with Gasteiger partial charge >= 0.3 is 0 Å². The van der Waals surface area contributed by atoms with Gasteiger partial charge in [0.2, 0.25) is 5.71 Å². The van der Waals surface area contributed by atoms with E-state index in [1.54, 1.807) is 6.20 Å². The second-order valence-electron chi connectivity index (χ2n) is 2.50. The minimum atomic E-state index is 0.613. The number of nitrogen functional groups attached to an aromatic ring is 1. The Kier molecular flexibility index (Phi) is 1.12. The van der Waals surface area contributed by atoms with E-state index in [2.05, 4.69) is 4.98 Å². The molecule has 0 aliphatic rings. The van der Waals surface area contributed by atoms with Gasteiger partial charge in [0.25, 0.3) is 0 Å². The maximum Gasteiger partial charge on any atom is 0.228 e. The van der Waals surface area contributed by atoms with Crippen LogP contribution in [0.15, 0.2) is 22.9 Å². The van der Waals surface area contributed by atoms with Gasteiger partial charge in [0.05, 0.1) is 11.1 Å². The van der Waals surface area contributed by atoms with Gasteiger partial charge in [-0.05, 0) is 18.6 Å². The van der Waals surface area contributed by atoms with E-state index in [0.29, 0.717) is 11.4 Å². The molecule has 0 saturated heterocycles. The fraction of sp³-hybridized carbons (Fsp3) is 0.125. The molecular formula is C8H8N2O. The predicted molar refractivity (Wildman–Crippen MR) is 43.2 cm³/mol. The third-order valence-electron chi connectivity index (χ3n) is 1.71. The zero-order valence-corrected chi connectivity index (χ0v) is 6.16. The van der Waals surface area contributed by atoms with Gasteiger partial charge in [0.1, 0.15) is 6.26 Å². The first-order chi connectivity index (χ1) is 5.29. The van der Waals surface area contributed by atoms with Gasteiger partial charge < -0.3 is 10.2 Å². The molecule has 0 atom stereocenters. The quantitative estimate of drug-likeness (QED) is 0.618. The van der Waals surface area contributed by atoms with E-state index >= 15 is 0 Å². The first-order valence-electron chi connectivity index (χ1n) is 3.37. The van der Waals surface area contributed by atoms with Gasteiger partial charge in [-0.3, -0.25) is 0 Å². The van der Waals surface area contributed by atoms with Gasteiger partial charge in [-0.2, -0.15) is 0 Å². The normalized spacial score (nSPS) is 10.6. The molecule has 3 nitrogen and oxygen atoms in total. The summed E-state index contributed by atoms with van der Waals surface area (Å²) in [6, 6.07) is 1.91. The Morgan fingerprint density at radius 2 is 2.36 bits per heavy atom. The van der Waals surface area contributed by atoms with Crippen LogP contribution in [0.5, 0.6) is 0 Å². The van der Waals surface area contributed by atoms with Crippen molar-refractivity contribution >= 4 is 16.8 Å². The summed E-state index contributed by atoms with van der Waals surface area (Å²) < 4.78 is 5.09. The van der Waals surface area contributed by atoms with E-state index in [0.717, 1.165) is 10.9 Å². The van der Waals surface area contributed by atoms with Crippen molar-refractivity contribution in [2.45, 2.75) is 6.92 Å². The molecule has 2 rings (SSSR count). The maximum absolute atomic E-state index is 5.64. The number of furan rings is 1. The third kappa shape index (κ3) is 0.774. The summed E-state index contributed by atoms with van der Waals surface area (Å²) in [5, 5.41) is 0.924. The number of pyridine rings is 1. The molecular weight excluding hydrogens is 140 g/mol. The van der Waals surface area contributed by atoms with Crippen molar-refractivity contribution in [3.05, 3.63) is 24.1 Å². The van der Waals surface area contributed by atoms with Gasteiger partial charge in [-0.15, -0.1) is 0 Å². The molecule has 0 aliphatic heterocycles. The number of nitrogens with two attached hydrogens (primary N) is 1. The maximum atomic E-state index is 5.64. The Labute approximate surface area is 63.8 Å². The summed E-state index contributed by atoms with van der Waals surface area (Å²) >= 11 is 0. The highest BCUT2D eigenvalue weighted by Crippen LogP contribution is 2.23. The summed E-state index contributed by atoms with van der Waals surface area (Å²) in [6.07, 6.45) is 3.23. The average molecular weight is 148 g/mol. The highest BCUT2D eigenvalue weighted by Gasteiger charge is 2.04. The smallest absolute Gasteiger partial charge is 0.228 e. The van der Waals surface area contributed by atoms with Gasteiger partial charge in [0.15, 0.2) is 0 Å². The van der Waals surface area contributed by atoms with E-state index in [9.17, 15) is 0 Å². The lowest BCUT2D eigenvalue weighted by molar-refractivity contribution is 0.604. The first kappa shape index (κ1) is 6.22. The van der Waals surface area contributed by atoms with E-state index in [-0.39, 0.29) is 0 Å². The van der Waals surface area contributed by atoms with Crippen LogP contribution < -0.4 is 5.73 Å². The molecule has 0 radical (unpaired) electrons. The molecule has 0 fully saturated rings. The second kappa shape index (κ2) is 1.99. The number of fused-ring (bicyclic) bond motifs is 1. The number of anilines is 1. The van der Waals surface area contributed by atoms with Crippen molar-refractivity contribution in [1.82, 2.24) is 4.98 Å². The molecule has 0 amide bonds. The monoisotopic (exact) mass is 148 g/mol. The summed E-state index contributed by atoms with van der Waals surface area (Å²) in [5.74, 6) is 0. The lowest BCUT2D eigenvalue weighted by atomic mass is 10.2. The number of hydrogen-bond donors (Lipinski definition) is 1. The fourth-order valence-electron chi connectivity index (χ4n) is 1.15. The van der Waals surface area contributed by atoms with Crippen molar-refractivity contribution in [3.8, 4) is 0 Å². The zero-order chi connectivity index (χ0) is 7.84. The Balaban J connectivity index is 2.96. The number of nitrogens with zero attached hydrogens (tertiary/aromatic N) is 1. The van der Waals surface area contributed by atoms with E-state index in [4.69, 9.17) is 10.2 Å². The first-order valence-corrected chi connectivity index (χ1v) is 3.37. The lowest BCUT2D eigenvalue weighted by Crippen LogP contribution is -1.83. The number of hydrogen-bond acceptors (Lipinski definition) is 3. The molecule has 56 valence electrons. The molecule has 2 heterocycles. The van der Waals surface area contributed by atoms with Crippen LogP contribution >= 0.6 is 0 Å². The Morgan fingerprint density at radius 1 is 1.55 bits per heavy atom. The topological polar surface area (TPSA) is 52.0 Å². The summed E-state index contributed by atoms with van der Waals surface area (Å²) in [5.41, 5.74) is 8.01. The summed E-state index contributed by atoms with van der Waals surface area (Å²) in [7, 11) is 0. The zero-order valence-electron chi connectivity index (χ0n) is 6.16. The SMILES string of the molecule is Cc1ccnc2occ(N)c12. The fourth-order valence-corrected chi connectivity index (χ4v) is 1.15. The van der Waals surface area contributed by atoms with Crippen LogP contribution in [0.2, 0.25) is 0 Å². The van der Waals surface area contributed by atoms with Gasteiger partial charge in [-0.25, -0.2) is 4.98 Å². The minimum absolute atomic E-state index is 0.613. The molecule has 0 aliphatic carbocycles. The molecule has 2 aromatic rings. The van der Waals surface area contributed by atoms with Crippen molar-refractivity contribution in [3.63, 3.8) is 0 Å². The Bertz CT molecular complexity index is 392. The standard InChI is InChI=1S/C8H8N2O/c1-5-2-3-10-8-7(5)6(9)4-11-8/h2-4H,9H2,1H3. The molecule has 0 unspecified atom stereocenters. The van der Waals surface area contributed by atoms with Crippen LogP contribution in [0, 0.1) is 6.92 Å². The Hall–Kier alpha value is -1.51. The van der Waals surface area contributed by atoms with Crippen LogP contribution in [-0.4, -0.2) is 4.98 Å². The van der Waals surface area contributed by atoms with Crippen molar-refractivity contribution < 1.29 is 4.42 Å². The lowest BCUT2D eigenvalue weighted by Gasteiger charge is -1.92. The Morgan fingerprint density at radius 3 is 3.09 bits per heavy atom. The average Bonchev–Trinajstić information content (AvgIpc) is 2.34. The molecule has 0 spiro atoms. The van der Waals surface area contributed by atoms with Crippen LogP contribution in [0.25, 0.3) is 11.1 Å². The van der Waals surface area contributed by atoms with Crippen molar-refractivity contribution in [2.24, 2.45) is 0 Å². The van der Waals surface area contributed by atoms with Crippen molar-refractivity contribution in [2.75, 3.05) is 5.73 Å². The predicted octanol–water partition coefficient (Wildman–Crippen LogP) is 1.72. The van der Waals surface area contributed by atoms with Gasteiger partial charge in [-0.1, -0.05) is 0 Å². The summed E-state index contributed by atoms with van der Waals surface area (Å²) in [4.78, 5) is 4.02. The van der Waals surface area contributed by atoms with E-state index in [1.807, 2.05) is 13.0 Å². The molecule has 2 aromatic heterocycles. The molecule has 2 N–H and O–H groups in total. The minimum Gasteiger partial charge on any atom is -0.444 e.